The zero-order valence-corrected chi connectivity index (χ0v) is 19.2. The van der Waals surface area contributed by atoms with Crippen LogP contribution in [0.2, 0.25) is 0 Å². The van der Waals surface area contributed by atoms with Crippen LogP contribution in [0.3, 0.4) is 0 Å². The van der Waals surface area contributed by atoms with Gasteiger partial charge in [0.1, 0.15) is 11.4 Å². The molecule has 1 aliphatic heterocycles. The predicted octanol–water partition coefficient (Wildman–Crippen LogP) is 1.99. The maximum atomic E-state index is 12.3. The molecule has 2 amide bonds. The molecule has 0 saturated carbocycles. The molecular weight excluding hydrogens is 398 g/mol. The van der Waals surface area contributed by atoms with Gasteiger partial charge in [-0.2, -0.15) is 0 Å². The number of nitrogens with zero attached hydrogens (tertiary/aromatic N) is 2. The number of methoxy groups -OCH3 is 1. The molecule has 0 aromatic heterocycles. The second kappa shape index (κ2) is 11.4. The summed E-state index contributed by atoms with van der Waals surface area (Å²) < 4.78 is 10.5. The summed E-state index contributed by atoms with van der Waals surface area (Å²) in [5.41, 5.74) is 0.0273. The number of ether oxygens (including phenoxy) is 2. The normalized spacial score (nSPS) is 16.6. The van der Waals surface area contributed by atoms with Crippen LogP contribution in [0.15, 0.2) is 29.3 Å². The highest BCUT2D eigenvalue weighted by molar-refractivity contribution is 5.94. The molecule has 1 fully saturated rings. The molecule has 1 aliphatic rings. The first-order chi connectivity index (χ1) is 14.7. The Morgan fingerprint density at radius 3 is 2.71 bits per heavy atom. The van der Waals surface area contributed by atoms with E-state index in [1.54, 1.807) is 31.4 Å². The van der Waals surface area contributed by atoms with E-state index in [1.807, 2.05) is 27.7 Å². The molecule has 1 aromatic rings. The minimum atomic E-state index is -0.520. The van der Waals surface area contributed by atoms with Gasteiger partial charge >= 0.3 is 6.09 Å². The number of aliphatic imine (C=N–C) groups is 1. The van der Waals surface area contributed by atoms with E-state index < -0.39 is 11.7 Å². The number of nitrogens with one attached hydrogen (secondary N) is 3. The van der Waals surface area contributed by atoms with Crippen LogP contribution in [0.25, 0.3) is 0 Å². The Kier molecular flexibility index (Phi) is 8.96. The van der Waals surface area contributed by atoms with Crippen molar-refractivity contribution in [3.8, 4) is 5.75 Å². The van der Waals surface area contributed by atoms with Gasteiger partial charge < -0.3 is 30.3 Å². The molecular formula is C22H35N5O4. The summed E-state index contributed by atoms with van der Waals surface area (Å²) in [4.78, 5) is 31.0. The van der Waals surface area contributed by atoms with E-state index in [0.29, 0.717) is 30.9 Å². The fourth-order valence-electron chi connectivity index (χ4n) is 3.17. The van der Waals surface area contributed by atoms with Crippen molar-refractivity contribution in [3.05, 3.63) is 29.8 Å². The topological polar surface area (TPSA) is 104 Å². The number of carbonyl (C=O) groups is 2. The third-order valence-corrected chi connectivity index (χ3v) is 4.53. The lowest BCUT2D eigenvalue weighted by atomic mass is 10.2. The van der Waals surface area contributed by atoms with Crippen molar-refractivity contribution in [2.45, 2.75) is 45.8 Å². The molecule has 31 heavy (non-hydrogen) atoms. The number of amides is 2. The third-order valence-electron chi connectivity index (χ3n) is 4.53. The molecule has 0 aliphatic carbocycles. The number of benzene rings is 1. The Balaban J connectivity index is 1.83. The number of guanidine groups is 1. The molecule has 0 bridgehead atoms. The van der Waals surface area contributed by atoms with Crippen LogP contribution in [-0.2, 0) is 4.74 Å². The van der Waals surface area contributed by atoms with Crippen molar-refractivity contribution in [1.29, 1.82) is 0 Å². The summed E-state index contributed by atoms with van der Waals surface area (Å²) in [5.74, 6) is 1.25. The smallest absolute Gasteiger partial charge is 0.407 e. The average Bonchev–Trinajstić information content (AvgIpc) is 3.16. The summed E-state index contributed by atoms with van der Waals surface area (Å²) in [6, 6.07) is 7.03. The molecule has 172 valence electrons. The highest BCUT2D eigenvalue weighted by Gasteiger charge is 2.27. The monoisotopic (exact) mass is 433 g/mol. The third kappa shape index (κ3) is 8.35. The Labute approximate surface area is 184 Å². The van der Waals surface area contributed by atoms with Crippen LogP contribution in [-0.4, -0.2) is 74.3 Å². The van der Waals surface area contributed by atoms with Gasteiger partial charge in [-0.25, -0.2) is 4.79 Å². The molecule has 1 atom stereocenters. The molecule has 1 unspecified atom stereocenters. The maximum absolute atomic E-state index is 12.3. The van der Waals surface area contributed by atoms with Crippen molar-refractivity contribution in [3.63, 3.8) is 0 Å². The van der Waals surface area contributed by atoms with Crippen LogP contribution in [0.1, 0.15) is 44.5 Å². The Morgan fingerprint density at radius 2 is 2.03 bits per heavy atom. The van der Waals surface area contributed by atoms with Crippen LogP contribution >= 0.6 is 0 Å². The van der Waals surface area contributed by atoms with Gasteiger partial charge in [-0.3, -0.25) is 9.79 Å². The zero-order chi connectivity index (χ0) is 22.9. The number of likely N-dealkylation sites (tertiary alicyclic amines) is 1. The van der Waals surface area contributed by atoms with Gasteiger partial charge in [0.15, 0.2) is 5.96 Å². The van der Waals surface area contributed by atoms with Crippen LogP contribution < -0.4 is 20.7 Å². The average molecular weight is 434 g/mol. The van der Waals surface area contributed by atoms with E-state index in [9.17, 15) is 9.59 Å². The number of hydrogen-bond acceptors (Lipinski definition) is 5. The van der Waals surface area contributed by atoms with Crippen molar-refractivity contribution in [2.75, 3.05) is 39.8 Å². The summed E-state index contributed by atoms with van der Waals surface area (Å²) in [6.07, 6.45) is 0.414. The lowest BCUT2D eigenvalue weighted by Crippen LogP contribution is -2.44. The largest absolute Gasteiger partial charge is 0.497 e. The lowest BCUT2D eigenvalue weighted by molar-refractivity contribution is 0.0507. The molecule has 9 heteroatoms. The minimum Gasteiger partial charge on any atom is -0.497 e. The van der Waals surface area contributed by atoms with Crippen LogP contribution in [0, 0.1) is 0 Å². The second-order valence-electron chi connectivity index (χ2n) is 8.30. The molecule has 9 nitrogen and oxygen atoms in total. The number of hydrogen-bond donors (Lipinski definition) is 3. The van der Waals surface area contributed by atoms with E-state index in [4.69, 9.17) is 9.47 Å². The molecule has 1 heterocycles. The highest BCUT2D eigenvalue weighted by Crippen LogP contribution is 2.13. The van der Waals surface area contributed by atoms with Gasteiger partial charge in [0, 0.05) is 31.7 Å². The lowest BCUT2D eigenvalue weighted by Gasteiger charge is -2.23. The first-order valence-corrected chi connectivity index (χ1v) is 10.7. The first-order valence-electron chi connectivity index (χ1n) is 10.7. The highest BCUT2D eigenvalue weighted by atomic mass is 16.6. The van der Waals surface area contributed by atoms with Crippen molar-refractivity contribution >= 4 is 18.0 Å². The fourth-order valence-corrected chi connectivity index (χ4v) is 3.17. The van der Waals surface area contributed by atoms with Gasteiger partial charge in [-0.1, -0.05) is 6.07 Å². The number of alkyl carbamates (subject to hydrolysis) is 1. The van der Waals surface area contributed by atoms with E-state index in [2.05, 4.69) is 25.8 Å². The SMILES string of the molecule is CCNC(=NCCNC(=O)c1cccc(OC)c1)N1CCC(NC(=O)OC(C)(C)C)C1. The van der Waals surface area contributed by atoms with Crippen LogP contribution in [0.4, 0.5) is 4.79 Å². The Bertz CT molecular complexity index is 775. The molecule has 1 saturated heterocycles. The molecule has 0 spiro atoms. The summed E-state index contributed by atoms with van der Waals surface area (Å²) in [7, 11) is 1.57. The van der Waals surface area contributed by atoms with Gasteiger partial charge in [-0.15, -0.1) is 0 Å². The predicted molar refractivity (Wildman–Crippen MR) is 121 cm³/mol. The number of rotatable bonds is 7. The maximum Gasteiger partial charge on any atom is 0.407 e. The van der Waals surface area contributed by atoms with Crippen molar-refractivity contribution in [2.24, 2.45) is 4.99 Å². The van der Waals surface area contributed by atoms with E-state index in [-0.39, 0.29) is 11.9 Å². The number of carbonyl (C=O) groups excluding carboxylic acids is 2. The zero-order valence-electron chi connectivity index (χ0n) is 19.2. The van der Waals surface area contributed by atoms with Crippen molar-refractivity contribution < 1.29 is 19.1 Å². The Morgan fingerprint density at radius 1 is 1.26 bits per heavy atom. The van der Waals surface area contributed by atoms with Gasteiger partial charge in [0.25, 0.3) is 5.91 Å². The van der Waals surface area contributed by atoms with Crippen LogP contribution in [0.5, 0.6) is 5.75 Å². The molecule has 3 N–H and O–H groups in total. The van der Waals surface area contributed by atoms with E-state index in [1.165, 1.54) is 0 Å². The Hall–Kier alpha value is -2.97. The molecule has 0 radical (unpaired) electrons. The summed E-state index contributed by atoms with van der Waals surface area (Å²) in [5, 5.41) is 9.07. The summed E-state index contributed by atoms with van der Waals surface area (Å²) >= 11 is 0. The standard InChI is InChI=1S/C22H35N5O4/c1-6-23-20(27-13-10-17(15-27)26-21(29)31-22(2,3)4)25-12-11-24-19(28)16-8-7-9-18(14-16)30-5/h7-9,14,17H,6,10-13,15H2,1-5H3,(H,23,25)(H,24,28)(H,26,29). The fraction of sp³-hybridized carbons (Fsp3) is 0.591. The summed E-state index contributed by atoms with van der Waals surface area (Å²) in [6.45, 7) is 10.6. The van der Waals surface area contributed by atoms with Gasteiger partial charge in [0.2, 0.25) is 0 Å². The quantitative estimate of drug-likeness (QED) is 0.345. The van der Waals surface area contributed by atoms with Crippen molar-refractivity contribution in [1.82, 2.24) is 20.9 Å². The van der Waals surface area contributed by atoms with E-state index in [0.717, 1.165) is 25.5 Å². The van der Waals surface area contributed by atoms with E-state index >= 15 is 0 Å². The first kappa shape index (κ1) is 24.3. The van der Waals surface area contributed by atoms with Gasteiger partial charge in [0.05, 0.1) is 19.7 Å². The minimum absolute atomic E-state index is 0.00599. The molecule has 2 rings (SSSR count). The van der Waals surface area contributed by atoms with Gasteiger partial charge in [-0.05, 0) is 52.3 Å². The second-order valence-corrected chi connectivity index (χ2v) is 8.30. The molecule has 1 aromatic carbocycles.